The number of rotatable bonds is 4. The predicted octanol–water partition coefficient (Wildman–Crippen LogP) is -1.18. The number of carbonyl (C=O) groups excluding carboxylic acids is 1. The van der Waals surface area contributed by atoms with Crippen molar-refractivity contribution >= 4 is 17.7 Å². The number of hydrogen-bond donors (Lipinski definition) is 3. The van der Waals surface area contributed by atoms with E-state index in [9.17, 15) is 9.59 Å². The van der Waals surface area contributed by atoms with Crippen LogP contribution in [0.25, 0.3) is 0 Å². The lowest BCUT2D eigenvalue weighted by Crippen LogP contribution is -2.52. The van der Waals surface area contributed by atoms with Crippen LogP contribution < -0.4 is 10.9 Å². The molecule has 1 amide bonds. The summed E-state index contributed by atoms with van der Waals surface area (Å²) in [5, 5.41) is 21.3. The van der Waals surface area contributed by atoms with Gasteiger partial charge in [0, 0.05) is 18.5 Å². The third kappa shape index (κ3) is 2.65. The van der Waals surface area contributed by atoms with Crippen LogP contribution in [0.15, 0.2) is 16.1 Å². The van der Waals surface area contributed by atoms with Crippen LogP contribution in [-0.2, 0) is 6.54 Å². The normalized spacial score (nSPS) is 14.3. The Morgan fingerprint density at radius 1 is 1.58 bits per heavy atom. The van der Waals surface area contributed by atoms with E-state index in [-0.39, 0.29) is 5.56 Å². The van der Waals surface area contributed by atoms with Crippen LogP contribution in [0.3, 0.4) is 0 Å². The fourth-order valence-corrected chi connectivity index (χ4v) is 2.56. The molecule has 0 saturated heterocycles. The molecule has 0 aromatic carbocycles. The molecule has 1 aromatic rings. The minimum Gasteiger partial charge on any atom is -0.394 e. The number of amides is 1. The Labute approximate surface area is 113 Å². The van der Waals surface area contributed by atoms with Crippen LogP contribution in [0.2, 0.25) is 0 Å². The molecule has 2 rings (SSSR count). The molecule has 0 fully saturated rings. The number of hydrogen-bond acceptors (Lipinski definition) is 6. The molecule has 1 aliphatic heterocycles. The minimum atomic E-state index is -1.16. The van der Waals surface area contributed by atoms with Crippen molar-refractivity contribution in [2.24, 2.45) is 0 Å². The quantitative estimate of drug-likeness (QED) is 0.602. The summed E-state index contributed by atoms with van der Waals surface area (Å²) in [5.41, 5.74) is -1.65. The summed E-state index contributed by atoms with van der Waals surface area (Å²) in [6.07, 6.45) is 1.23. The lowest BCUT2D eigenvalue weighted by atomic mass is 10.1. The number of nitrogens with one attached hydrogen (secondary N) is 1. The summed E-state index contributed by atoms with van der Waals surface area (Å²) in [7, 11) is 0. The number of aliphatic hydroxyl groups excluding tert-OH is 2. The highest BCUT2D eigenvalue weighted by atomic mass is 32.2. The second kappa shape index (κ2) is 5.32. The summed E-state index contributed by atoms with van der Waals surface area (Å²) in [6, 6.07) is 0. The maximum Gasteiger partial charge on any atom is 0.267 e. The van der Waals surface area contributed by atoms with Gasteiger partial charge in [0.05, 0.1) is 18.8 Å². The van der Waals surface area contributed by atoms with Crippen LogP contribution >= 0.6 is 11.8 Å². The van der Waals surface area contributed by atoms with Crippen LogP contribution in [-0.4, -0.2) is 50.2 Å². The summed E-state index contributed by atoms with van der Waals surface area (Å²) < 4.78 is 1.45. The first-order valence-corrected chi connectivity index (χ1v) is 6.76. The summed E-state index contributed by atoms with van der Waals surface area (Å²) in [5.74, 6) is 0.119. The Bertz CT molecular complexity index is 553. The molecule has 0 spiro atoms. The Morgan fingerprint density at radius 2 is 2.26 bits per heavy atom. The maximum absolute atomic E-state index is 12.1. The molecule has 0 atom stereocenters. The van der Waals surface area contributed by atoms with Gasteiger partial charge in [-0.1, -0.05) is 11.8 Å². The topological polar surface area (TPSA) is 104 Å². The second-order valence-corrected chi connectivity index (χ2v) is 5.65. The molecule has 7 nitrogen and oxygen atoms in total. The van der Waals surface area contributed by atoms with Crippen molar-refractivity contribution in [2.45, 2.75) is 24.2 Å². The average molecular weight is 285 g/mol. The Hall–Kier alpha value is -1.38. The van der Waals surface area contributed by atoms with Crippen molar-refractivity contribution in [1.82, 2.24) is 14.9 Å². The summed E-state index contributed by atoms with van der Waals surface area (Å²) in [6.45, 7) is 1.17. The van der Waals surface area contributed by atoms with Gasteiger partial charge < -0.3 is 15.5 Å². The highest BCUT2D eigenvalue weighted by Crippen LogP contribution is 2.20. The fourth-order valence-electron chi connectivity index (χ4n) is 1.64. The van der Waals surface area contributed by atoms with Gasteiger partial charge in [0.25, 0.3) is 11.5 Å². The number of carbonyl (C=O) groups is 1. The summed E-state index contributed by atoms with van der Waals surface area (Å²) >= 11 is 1.46. The van der Waals surface area contributed by atoms with Gasteiger partial charge in [-0.2, -0.15) is 0 Å². The van der Waals surface area contributed by atoms with Gasteiger partial charge in [-0.05, 0) is 6.92 Å². The number of nitrogens with zero attached hydrogens (tertiary/aromatic N) is 2. The molecule has 0 radical (unpaired) electrons. The Balaban J connectivity index is 2.28. The third-order valence-electron chi connectivity index (χ3n) is 2.91. The van der Waals surface area contributed by atoms with E-state index in [2.05, 4.69) is 10.3 Å². The Morgan fingerprint density at radius 3 is 2.89 bits per heavy atom. The third-order valence-corrected chi connectivity index (χ3v) is 3.89. The molecule has 1 aromatic heterocycles. The Kier molecular flexibility index (Phi) is 3.93. The van der Waals surface area contributed by atoms with Gasteiger partial charge in [-0.15, -0.1) is 0 Å². The van der Waals surface area contributed by atoms with Crippen LogP contribution in [0.1, 0.15) is 17.3 Å². The first-order valence-electron chi connectivity index (χ1n) is 5.77. The lowest BCUT2D eigenvalue weighted by molar-refractivity contribution is 0.0721. The van der Waals surface area contributed by atoms with Crippen LogP contribution in [0, 0.1) is 0 Å². The van der Waals surface area contributed by atoms with Gasteiger partial charge in [-0.3, -0.25) is 14.2 Å². The van der Waals surface area contributed by atoms with Gasteiger partial charge in [0.2, 0.25) is 0 Å². The highest BCUT2D eigenvalue weighted by molar-refractivity contribution is 7.99. The van der Waals surface area contributed by atoms with Crippen LogP contribution in [0.5, 0.6) is 0 Å². The van der Waals surface area contributed by atoms with Gasteiger partial charge in [0.1, 0.15) is 5.56 Å². The van der Waals surface area contributed by atoms with E-state index in [1.165, 1.54) is 29.4 Å². The first kappa shape index (κ1) is 14.0. The highest BCUT2D eigenvalue weighted by Gasteiger charge is 2.27. The second-order valence-electron chi connectivity index (χ2n) is 4.59. The van der Waals surface area contributed by atoms with E-state index in [1.807, 2.05) is 0 Å². The molecule has 0 bridgehead atoms. The maximum atomic E-state index is 12.1. The van der Waals surface area contributed by atoms with Crippen molar-refractivity contribution in [2.75, 3.05) is 19.0 Å². The van der Waals surface area contributed by atoms with E-state index in [1.54, 1.807) is 0 Å². The van der Waals surface area contributed by atoms with Crippen molar-refractivity contribution in [1.29, 1.82) is 0 Å². The molecule has 19 heavy (non-hydrogen) atoms. The molecular weight excluding hydrogens is 270 g/mol. The van der Waals surface area contributed by atoms with Crippen molar-refractivity contribution in [3.05, 3.63) is 22.1 Å². The van der Waals surface area contributed by atoms with Crippen molar-refractivity contribution < 1.29 is 15.0 Å². The van der Waals surface area contributed by atoms with Gasteiger partial charge in [-0.25, -0.2) is 4.98 Å². The monoisotopic (exact) mass is 285 g/mol. The van der Waals surface area contributed by atoms with E-state index < -0.39 is 30.2 Å². The fraction of sp³-hybridized carbons (Fsp3) is 0.545. The van der Waals surface area contributed by atoms with E-state index in [0.29, 0.717) is 11.7 Å². The average Bonchev–Trinajstić information content (AvgIpc) is 2.88. The molecule has 0 unspecified atom stereocenters. The van der Waals surface area contributed by atoms with E-state index in [0.717, 1.165) is 5.75 Å². The van der Waals surface area contributed by atoms with Crippen molar-refractivity contribution in [3.8, 4) is 0 Å². The van der Waals surface area contributed by atoms with E-state index >= 15 is 0 Å². The molecular formula is C11H15N3O4S. The summed E-state index contributed by atoms with van der Waals surface area (Å²) in [4.78, 5) is 28.2. The largest absolute Gasteiger partial charge is 0.394 e. The zero-order chi connectivity index (χ0) is 14.0. The minimum absolute atomic E-state index is 0.0839. The predicted molar refractivity (Wildman–Crippen MR) is 69.3 cm³/mol. The van der Waals surface area contributed by atoms with Gasteiger partial charge in [0.15, 0.2) is 5.16 Å². The van der Waals surface area contributed by atoms with Crippen molar-refractivity contribution in [3.63, 3.8) is 0 Å². The smallest absolute Gasteiger partial charge is 0.267 e. The molecule has 104 valence electrons. The van der Waals surface area contributed by atoms with E-state index in [4.69, 9.17) is 10.2 Å². The number of aromatic nitrogens is 2. The van der Waals surface area contributed by atoms with Crippen LogP contribution in [0.4, 0.5) is 0 Å². The molecule has 8 heteroatoms. The SMILES string of the molecule is CC(CO)(CO)NC(=O)c1cnc2n(c1=O)CCS2. The zero-order valence-electron chi connectivity index (χ0n) is 10.4. The lowest BCUT2D eigenvalue weighted by Gasteiger charge is -2.25. The number of thioether (sulfide) groups is 1. The molecule has 3 N–H and O–H groups in total. The number of fused-ring (bicyclic) bond motifs is 1. The number of aliphatic hydroxyl groups is 2. The standard InChI is InChI=1S/C11H15N3O4S/c1-11(5-15,6-16)13-8(17)7-4-12-10-14(9(7)18)2-3-19-10/h4,15-16H,2-3,5-6H2,1H3,(H,13,17). The molecule has 2 heterocycles. The zero-order valence-corrected chi connectivity index (χ0v) is 11.2. The molecule has 0 saturated carbocycles. The van der Waals surface area contributed by atoms with Gasteiger partial charge >= 0.3 is 0 Å². The molecule has 0 aliphatic carbocycles. The molecule has 1 aliphatic rings. The first-order chi connectivity index (χ1) is 9.00.